The van der Waals surface area contributed by atoms with E-state index in [0.717, 1.165) is 42.8 Å². The van der Waals surface area contributed by atoms with Crippen LogP contribution in [0, 0.1) is 0 Å². The highest BCUT2D eigenvalue weighted by atomic mass is 16.2. The quantitative estimate of drug-likeness (QED) is 0.925. The lowest BCUT2D eigenvalue weighted by molar-refractivity contribution is -0.121. The van der Waals surface area contributed by atoms with Crippen molar-refractivity contribution in [2.45, 2.75) is 51.1 Å². The first kappa shape index (κ1) is 14.4. The van der Waals surface area contributed by atoms with Crippen LogP contribution in [0.15, 0.2) is 12.5 Å². The second kappa shape index (κ2) is 6.14. The van der Waals surface area contributed by atoms with Crippen molar-refractivity contribution in [1.29, 1.82) is 0 Å². The molecule has 4 rings (SSSR count). The molecular formula is C16H22N6O. The fourth-order valence-corrected chi connectivity index (χ4v) is 3.17. The van der Waals surface area contributed by atoms with Crippen LogP contribution in [-0.2, 0) is 11.3 Å². The second-order valence-corrected chi connectivity index (χ2v) is 6.48. The fraction of sp³-hybridized carbons (Fsp3) is 0.625. The zero-order chi connectivity index (χ0) is 15.6. The molecular weight excluding hydrogens is 292 g/mol. The molecule has 1 saturated carbocycles. The maximum atomic E-state index is 12.0. The Hall–Kier alpha value is -2.18. The van der Waals surface area contributed by atoms with Gasteiger partial charge in [0.05, 0.1) is 11.6 Å². The van der Waals surface area contributed by atoms with Gasteiger partial charge in [0.25, 0.3) is 0 Å². The molecule has 1 N–H and O–H groups in total. The van der Waals surface area contributed by atoms with E-state index < -0.39 is 0 Å². The molecule has 2 fully saturated rings. The molecule has 2 aliphatic rings. The Kier molecular flexibility index (Phi) is 3.85. The summed E-state index contributed by atoms with van der Waals surface area (Å²) in [5.74, 6) is 0.957. The summed E-state index contributed by atoms with van der Waals surface area (Å²) in [5, 5.41) is 8.30. The van der Waals surface area contributed by atoms with Gasteiger partial charge in [-0.1, -0.05) is 12.8 Å². The normalized spacial score (nSPS) is 18.9. The van der Waals surface area contributed by atoms with Crippen LogP contribution in [-0.4, -0.2) is 44.8 Å². The van der Waals surface area contributed by atoms with Crippen molar-refractivity contribution in [2.24, 2.45) is 0 Å². The SMILES string of the molecule is O=C(Cn1ncc2c(N3CCCCCC3)ncnc21)NC1CC1. The Morgan fingerprint density at radius 1 is 1.17 bits per heavy atom. The maximum Gasteiger partial charge on any atom is 0.242 e. The van der Waals surface area contributed by atoms with Gasteiger partial charge in [-0.2, -0.15) is 5.10 Å². The van der Waals surface area contributed by atoms with Gasteiger partial charge in [0.1, 0.15) is 18.7 Å². The minimum atomic E-state index is 0.00688. The lowest BCUT2D eigenvalue weighted by atomic mass is 10.2. The lowest BCUT2D eigenvalue weighted by Crippen LogP contribution is -2.29. The summed E-state index contributed by atoms with van der Waals surface area (Å²) in [5.41, 5.74) is 0.741. The van der Waals surface area contributed by atoms with Crippen molar-refractivity contribution < 1.29 is 4.79 Å². The van der Waals surface area contributed by atoms with Gasteiger partial charge in [0, 0.05) is 19.1 Å². The zero-order valence-electron chi connectivity index (χ0n) is 13.2. The summed E-state index contributed by atoms with van der Waals surface area (Å²) in [7, 11) is 0. The lowest BCUT2D eigenvalue weighted by Gasteiger charge is -2.21. The summed E-state index contributed by atoms with van der Waals surface area (Å²) in [6.07, 6.45) is 10.5. The molecule has 7 nitrogen and oxygen atoms in total. The molecule has 23 heavy (non-hydrogen) atoms. The Morgan fingerprint density at radius 3 is 2.70 bits per heavy atom. The number of rotatable bonds is 4. The zero-order valence-corrected chi connectivity index (χ0v) is 13.2. The average molecular weight is 314 g/mol. The van der Waals surface area contributed by atoms with Gasteiger partial charge in [0.15, 0.2) is 5.65 Å². The van der Waals surface area contributed by atoms with Gasteiger partial charge in [-0.15, -0.1) is 0 Å². The molecule has 0 radical (unpaired) electrons. The molecule has 7 heteroatoms. The molecule has 0 unspecified atom stereocenters. The number of nitrogens with one attached hydrogen (secondary N) is 1. The van der Waals surface area contributed by atoms with E-state index in [-0.39, 0.29) is 12.5 Å². The summed E-state index contributed by atoms with van der Waals surface area (Å²) < 4.78 is 1.68. The summed E-state index contributed by atoms with van der Waals surface area (Å²) in [6, 6.07) is 0.367. The van der Waals surface area contributed by atoms with Crippen molar-refractivity contribution >= 4 is 22.8 Å². The van der Waals surface area contributed by atoms with Crippen molar-refractivity contribution in [1.82, 2.24) is 25.1 Å². The summed E-state index contributed by atoms with van der Waals surface area (Å²) in [6.45, 7) is 2.27. The molecule has 0 atom stereocenters. The number of fused-ring (bicyclic) bond motifs is 1. The average Bonchev–Trinajstić information content (AvgIpc) is 3.32. The predicted molar refractivity (Wildman–Crippen MR) is 87.2 cm³/mol. The largest absolute Gasteiger partial charge is 0.356 e. The van der Waals surface area contributed by atoms with Crippen LogP contribution in [0.3, 0.4) is 0 Å². The molecule has 1 aliphatic carbocycles. The van der Waals surface area contributed by atoms with E-state index in [1.807, 2.05) is 0 Å². The van der Waals surface area contributed by atoms with E-state index in [1.54, 1.807) is 17.2 Å². The van der Waals surface area contributed by atoms with Crippen LogP contribution in [0.4, 0.5) is 5.82 Å². The van der Waals surface area contributed by atoms with Crippen LogP contribution in [0.1, 0.15) is 38.5 Å². The third kappa shape index (κ3) is 3.13. The minimum absolute atomic E-state index is 0.00688. The Labute approximate surface area is 135 Å². The van der Waals surface area contributed by atoms with Gasteiger partial charge >= 0.3 is 0 Å². The molecule has 1 amide bonds. The molecule has 0 bridgehead atoms. The van der Waals surface area contributed by atoms with Crippen molar-refractivity contribution in [3.8, 4) is 0 Å². The number of aromatic nitrogens is 4. The smallest absolute Gasteiger partial charge is 0.242 e. The summed E-state index contributed by atoms with van der Waals surface area (Å²) in [4.78, 5) is 23.2. The van der Waals surface area contributed by atoms with E-state index in [1.165, 1.54) is 25.7 Å². The Balaban J connectivity index is 1.58. The van der Waals surface area contributed by atoms with E-state index in [9.17, 15) is 4.79 Å². The maximum absolute atomic E-state index is 12.0. The highest BCUT2D eigenvalue weighted by Crippen LogP contribution is 2.25. The Morgan fingerprint density at radius 2 is 1.96 bits per heavy atom. The number of carbonyl (C=O) groups excluding carboxylic acids is 1. The van der Waals surface area contributed by atoms with E-state index >= 15 is 0 Å². The predicted octanol–water partition coefficient (Wildman–Crippen LogP) is 1.49. The van der Waals surface area contributed by atoms with Gasteiger partial charge in [-0.3, -0.25) is 4.79 Å². The van der Waals surface area contributed by atoms with Crippen LogP contribution < -0.4 is 10.2 Å². The monoisotopic (exact) mass is 314 g/mol. The molecule has 1 aliphatic heterocycles. The molecule has 0 aromatic carbocycles. The molecule has 2 aromatic rings. The standard InChI is InChI=1S/C16H22N6O/c23-14(20-12-5-6-12)10-22-16-13(9-19-22)15(17-11-18-16)21-7-3-1-2-4-8-21/h9,11-12H,1-8,10H2,(H,20,23). The van der Waals surface area contributed by atoms with Gasteiger partial charge in [-0.25, -0.2) is 14.6 Å². The van der Waals surface area contributed by atoms with Gasteiger partial charge < -0.3 is 10.2 Å². The highest BCUT2D eigenvalue weighted by molar-refractivity contribution is 5.88. The van der Waals surface area contributed by atoms with Crippen molar-refractivity contribution in [3.63, 3.8) is 0 Å². The second-order valence-electron chi connectivity index (χ2n) is 6.48. The first-order chi connectivity index (χ1) is 11.3. The third-order valence-corrected chi connectivity index (χ3v) is 4.55. The molecule has 122 valence electrons. The van der Waals surface area contributed by atoms with E-state index in [0.29, 0.717) is 6.04 Å². The minimum Gasteiger partial charge on any atom is -0.356 e. The number of hydrogen-bond donors (Lipinski definition) is 1. The van der Waals surface area contributed by atoms with Gasteiger partial charge in [-0.05, 0) is 25.7 Å². The van der Waals surface area contributed by atoms with Crippen LogP contribution in [0.2, 0.25) is 0 Å². The number of amides is 1. The number of hydrogen-bond acceptors (Lipinski definition) is 5. The van der Waals surface area contributed by atoms with Crippen LogP contribution in [0.5, 0.6) is 0 Å². The third-order valence-electron chi connectivity index (χ3n) is 4.55. The van der Waals surface area contributed by atoms with Gasteiger partial charge in [0.2, 0.25) is 5.91 Å². The number of anilines is 1. The Bertz CT molecular complexity index is 700. The van der Waals surface area contributed by atoms with Crippen LogP contribution >= 0.6 is 0 Å². The van der Waals surface area contributed by atoms with E-state index in [2.05, 4.69) is 25.3 Å². The molecule has 3 heterocycles. The first-order valence-electron chi connectivity index (χ1n) is 8.52. The fourth-order valence-electron chi connectivity index (χ4n) is 3.17. The highest BCUT2D eigenvalue weighted by Gasteiger charge is 2.24. The summed E-state index contributed by atoms with van der Waals surface area (Å²) >= 11 is 0. The van der Waals surface area contributed by atoms with Crippen molar-refractivity contribution in [2.75, 3.05) is 18.0 Å². The van der Waals surface area contributed by atoms with Crippen LogP contribution in [0.25, 0.3) is 11.0 Å². The molecule has 0 spiro atoms. The van der Waals surface area contributed by atoms with E-state index in [4.69, 9.17) is 0 Å². The molecule has 1 saturated heterocycles. The number of nitrogens with zero attached hydrogens (tertiary/aromatic N) is 5. The first-order valence-corrected chi connectivity index (χ1v) is 8.52. The number of carbonyl (C=O) groups is 1. The topological polar surface area (TPSA) is 75.9 Å². The molecule has 2 aromatic heterocycles. The van der Waals surface area contributed by atoms with Crippen molar-refractivity contribution in [3.05, 3.63) is 12.5 Å².